The Morgan fingerprint density at radius 1 is 1.18 bits per heavy atom. The van der Waals surface area contributed by atoms with Gasteiger partial charge >= 0.3 is 0 Å². The van der Waals surface area contributed by atoms with Crippen molar-refractivity contribution >= 4 is 10.0 Å². The number of rotatable bonds is 6. The number of benzene rings is 1. The predicted molar refractivity (Wildman–Crippen MR) is 69.0 cm³/mol. The molecule has 1 aromatic rings. The van der Waals surface area contributed by atoms with Crippen LogP contribution in [0.4, 0.5) is 0 Å². The van der Waals surface area contributed by atoms with Crippen molar-refractivity contribution in [3.63, 3.8) is 0 Å². The number of hydrogen-bond donors (Lipinski definition) is 2. The van der Waals surface area contributed by atoms with Crippen LogP contribution in [0, 0.1) is 0 Å². The first kappa shape index (κ1) is 14.2. The Kier molecular flexibility index (Phi) is 5.11. The Labute approximate surface area is 103 Å². The third-order valence-corrected chi connectivity index (χ3v) is 4.31. The molecule has 1 rings (SSSR count). The first-order chi connectivity index (χ1) is 8.03. The van der Waals surface area contributed by atoms with Crippen LogP contribution in [0.25, 0.3) is 0 Å². The van der Waals surface area contributed by atoms with Gasteiger partial charge in [-0.2, -0.15) is 0 Å². The molecule has 0 aliphatic rings. The first-order valence-electron chi connectivity index (χ1n) is 5.84. The van der Waals surface area contributed by atoms with Crippen molar-refractivity contribution in [2.75, 3.05) is 0 Å². The van der Waals surface area contributed by atoms with Gasteiger partial charge in [0, 0.05) is 12.6 Å². The third-order valence-electron chi connectivity index (χ3n) is 2.78. The maximum absolute atomic E-state index is 12.0. The molecule has 0 bridgehead atoms. The van der Waals surface area contributed by atoms with Gasteiger partial charge in [-0.15, -0.1) is 0 Å². The average Bonchev–Trinajstić information content (AvgIpc) is 2.36. The molecule has 0 spiro atoms. The molecule has 0 aliphatic heterocycles. The van der Waals surface area contributed by atoms with Gasteiger partial charge in [0.25, 0.3) is 0 Å². The van der Waals surface area contributed by atoms with Gasteiger partial charge in [-0.05, 0) is 30.5 Å². The molecule has 4 nitrogen and oxygen atoms in total. The second kappa shape index (κ2) is 6.14. The van der Waals surface area contributed by atoms with Gasteiger partial charge in [0.2, 0.25) is 10.0 Å². The molecule has 0 unspecified atom stereocenters. The van der Waals surface area contributed by atoms with Crippen LogP contribution in [0.15, 0.2) is 29.2 Å². The van der Waals surface area contributed by atoms with Crippen molar-refractivity contribution in [1.82, 2.24) is 4.72 Å². The lowest BCUT2D eigenvalue weighted by molar-refractivity contribution is 0.530. The Morgan fingerprint density at radius 2 is 1.71 bits per heavy atom. The first-order valence-corrected chi connectivity index (χ1v) is 7.33. The number of sulfonamides is 1. The largest absolute Gasteiger partial charge is 0.326 e. The summed E-state index contributed by atoms with van der Waals surface area (Å²) in [6, 6.07) is 6.65. The van der Waals surface area contributed by atoms with Crippen LogP contribution in [-0.4, -0.2) is 14.5 Å². The monoisotopic (exact) mass is 256 g/mol. The van der Waals surface area contributed by atoms with Crippen molar-refractivity contribution in [3.05, 3.63) is 29.8 Å². The molecule has 0 saturated heterocycles. The summed E-state index contributed by atoms with van der Waals surface area (Å²) < 4.78 is 26.7. The standard InChI is InChI=1S/C12H20N2O2S/c1-3-11(4-2)14-17(15,16)12-7-5-10(9-13)6-8-12/h5-8,11,14H,3-4,9,13H2,1-2H3. The highest BCUT2D eigenvalue weighted by molar-refractivity contribution is 7.89. The molecule has 0 radical (unpaired) electrons. The van der Waals surface area contributed by atoms with Crippen molar-refractivity contribution in [2.45, 2.75) is 44.2 Å². The lowest BCUT2D eigenvalue weighted by atomic mass is 10.2. The summed E-state index contributed by atoms with van der Waals surface area (Å²) in [7, 11) is -3.40. The minimum absolute atomic E-state index is 0.00538. The number of nitrogens with one attached hydrogen (secondary N) is 1. The van der Waals surface area contributed by atoms with Crippen molar-refractivity contribution < 1.29 is 8.42 Å². The fourth-order valence-electron chi connectivity index (χ4n) is 1.55. The molecule has 0 aliphatic carbocycles. The van der Waals surface area contributed by atoms with Crippen LogP contribution in [-0.2, 0) is 16.6 Å². The Morgan fingerprint density at radius 3 is 2.12 bits per heavy atom. The van der Waals surface area contributed by atoms with E-state index in [2.05, 4.69) is 4.72 Å². The van der Waals surface area contributed by atoms with Crippen LogP contribution >= 0.6 is 0 Å². The molecule has 0 heterocycles. The maximum Gasteiger partial charge on any atom is 0.240 e. The SMILES string of the molecule is CCC(CC)NS(=O)(=O)c1ccc(CN)cc1. The molecule has 96 valence electrons. The molecular weight excluding hydrogens is 236 g/mol. The predicted octanol–water partition coefficient (Wildman–Crippen LogP) is 1.61. The van der Waals surface area contributed by atoms with Crippen molar-refractivity contribution in [3.8, 4) is 0 Å². The zero-order valence-electron chi connectivity index (χ0n) is 10.3. The average molecular weight is 256 g/mol. The molecule has 5 heteroatoms. The second-order valence-electron chi connectivity index (χ2n) is 3.98. The van der Waals surface area contributed by atoms with E-state index in [0.717, 1.165) is 18.4 Å². The second-order valence-corrected chi connectivity index (χ2v) is 5.70. The van der Waals surface area contributed by atoms with Crippen LogP contribution in [0.2, 0.25) is 0 Å². The van der Waals surface area contributed by atoms with Gasteiger partial charge < -0.3 is 5.73 Å². The molecule has 0 atom stereocenters. The van der Waals surface area contributed by atoms with E-state index in [-0.39, 0.29) is 6.04 Å². The number of hydrogen-bond acceptors (Lipinski definition) is 3. The summed E-state index contributed by atoms with van der Waals surface area (Å²) in [6.07, 6.45) is 1.58. The molecule has 17 heavy (non-hydrogen) atoms. The van der Waals surface area contributed by atoms with Crippen molar-refractivity contribution in [1.29, 1.82) is 0 Å². The minimum atomic E-state index is -3.40. The molecule has 3 N–H and O–H groups in total. The van der Waals surface area contributed by atoms with E-state index in [0.29, 0.717) is 11.4 Å². The Bertz CT molecular complexity index is 436. The van der Waals surface area contributed by atoms with E-state index in [1.54, 1.807) is 24.3 Å². The maximum atomic E-state index is 12.0. The molecule has 0 saturated carbocycles. The topological polar surface area (TPSA) is 72.2 Å². The summed E-state index contributed by atoms with van der Waals surface area (Å²) >= 11 is 0. The van der Waals surface area contributed by atoms with E-state index >= 15 is 0 Å². The van der Waals surface area contributed by atoms with E-state index in [1.165, 1.54) is 0 Å². The highest BCUT2D eigenvalue weighted by atomic mass is 32.2. The highest BCUT2D eigenvalue weighted by Gasteiger charge is 2.17. The van der Waals surface area contributed by atoms with Gasteiger partial charge in [0.05, 0.1) is 4.90 Å². The lowest BCUT2D eigenvalue weighted by Gasteiger charge is -2.15. The summed E-state index contributed by atoms with van der Waals surface area (Å²) in [5.41, 5.74) is 6.39. The smallest absolute Gasteiger partial charge is 0.240 e. The summed E-state index contributed by atoms with van der Waals surface area (Å²) in [5, 5.41) is 0. The Hall–Kier alpha value is -0.910. The Balaban J connectivity index is 2.89. The van der Waals surface area contributed by atoms with Crippen LogP contribution in [0.3, 0.4) is 0 Å². The zero-order valence-corrected chi connectivity index (χ0v) is 11.1. The third kappa shape index (κ3) is 3.80. The van der Waals surface area contributed by atoms with E-state index < -0.39 is 10.0 Å². The normalized spacial score (nSPS) is 12.0. The molecule has 0 aromatic heterocycles. The highest BCUT2D eigenvalue weighted by Crippen LogP contribution is 2.12. The molecule has 0 fully saturated rings. The van der Waals surface area contributed by atoms with Crippen LogP contribution < -0.4 is 10.5 Å². The van der Waals surface area contributed by atoms with E-state index in [9.17, 15) is 8.42 Å². The van der Waals surface area contributed by atoms with Crippen LogP contribution in [0.1, 0.15) is 32.3 Å². The van der Waals surface area contributed by atoms with Crippen LogP contribution in [0.5, 0.6) is 0 Å². The van der Waals surface area contributed by atoms with Gasteiger partial charge in [-0.3, -0.25) is 0 Å². The van der Waals surface area contributed by atoms with Gasteiger partial charge in [0.1, 0.15) is 0 Å². The van der Waals surface area contributed by atoms with Gasteiger partial charge in [-0.25, -0.2) is 13.1 Å². The zero-order chi connectivity index (χ0) is 12.9. The van der Waals surface area contributed by atoms with E-state index in [1.807, 2.05) is 13.8 Å². The summed E-state index contributed by atoms with van der Waals surface area (Å²) in [4.78, 5) is 0.293. The van der Waals surface area contributed by atoms with Gasteiger partial charge in [0.15, 0.2) is 0 Å². The fraction of sp³-hybridized carbons (Fsp3) is 0.500. The summed E-state index contributed by atoms with van der Waals surface area (Å²) in [5.74, 6) is 0. The lowest BCUT2D eigenvalue weighted by Crippen LogP contribution is -2.33. The molecular formula is C12H20N2O2S. The summed E-state index contributed by atoms with van der Waals surface area (Å²) in [6.45, 7) is 4.35. The van der Waals surface area contributed by atoms with Crippen molar-refractivity contribution in [2.24, 2.45) is 5.73 Å². The molecule has 1 aromatic carbocycles. The van der Waals surface area contributed by atoms with Gasteiger partial charge in [-0.1, -0.05) is 26.0 Å². The van der Waals surface area contributed by atoms with E-state index in [4.69, 9.17) is 5.73 Å². The number of nitrogens with two attached hydrogens (primary N) is 1. The minimum Gasteiger partial charge on any atom is -0.326 e. The fourth-order valence-corrected chi connectivity index (χ4v) is 2.95. The quantitative estimate of drug-likeness (QED) is 0.812. The molecule has 0 amide bonds.